The lowest BCUT2D eigenvalue weighted by atomic mass is 10.4. The van der Waals surface area contributed by atoms with E-state index >= 15 is 0 Å². The zero-order valence-corrected chi connectivity index (χ0v) is 10.8. The molecule has 18 heavy (non-hydrogen) atoms. The van der Waals surface area contributed by atoms with Crippen molar-refractivity contribution >= 4 is 5.97 Å². The first-order valence-corrected chi connectivity index (χ1v) is 5.92. The number of hydrogen-bond donors (Lipinski definition) is 0. The molecule has 0 aromatic rings. The van der Waals surface area contributed by atoms with Crippen molar-refractivity contribution in [2.24, 2.45) is 0 Å². The highest BCUT2D eigenvalue weighted by molar-refractivity contribution is 5.87. The van der Waals surface area contributed by atoms with E-state index in [1.807, 2.05) is 6.92 Å². The van der Waals surface area contributed by atoms with Gasteiger partial charge in [-0.25, -0.2) is 4.79 Å². The molecule has 1 aliphatic rings. The van der Waals surface area contributed by atoms with Crippen LogP contribution in [0.1, 0.15) is 13.8 Å². The number of hydrogen-bond acceptors (Lipinski definition) is 6. The van der Waals surface area contributed by atoms with Gasteiger partial charge in [-0.1, -0.05) is 6.58 Å². The molecule has 0 N–H and O–H groups in total. The normalized spacial score (nSPS) is 25.7. The monoisotopic (exact) mass is 260 g/mol. The van der Waals surface area contributed by atoms with E-state index in [2.05, 4.69) is 6.58 Å². The Kier molecular flexibility index (Phi) is 6.89. The van der Waals surface area contributed by atoms with Gasteiger partial charge in [-0.15, -0.1) is 0 Å². The lowest BCUT2D eigenvalue weighted by molar-refractivity contribution is -0.186. The minimum Gasteiger partial charge on any atom is -0.430 e. The quantitative estimate of drug-likeness (QED) is 0.552. The lowest BCUT2D eigenvalue weighted by Crippen LogP contribution is -2.28. The van der Waals surface area contributed by atoms with Crippen LogP contribution < -0.4 is 0 Å². The van der Waals surface area contributed by atoms with Gasteiger partial charge in [0.25, 0.3) is 0 Å². The molecule has 0 amide bonds. The lowest BCUT2D eigenvalue weighted by Gasteiger charge is -2.17. The highest BCUT2D eigenvalue weighted by Gasteiger charge is 2.19. The van der Waals surface area contributed by atoms with Crippen molar-refractivity contribution in [1.29, 1.82) is 0 Å². The van der Waals surface area contributed by atoms with Crippen LogP contribution in [0, 0.1) is 0 Å². The second-order valence-corrected chi connectivity index (χ2v) is 3.78. The van der Waals surface area contributed by atoms with E-state index in [1.165, 1.54) is 0 Å². The molecule has 0 radical (unpaired) electrons. The highest BCUT2D eigenvalue weighted by Crippen LogP contribution is 2.06. The van der Waals surface area contributed by atoms with Crippen LogP contribution in [0.4, 0.5) is 0 Å². The Hall–Kier alpha value is -0.950. The van der Waals surface area contributed by atoms with Crippen LogP contribution in [0.2, 0.25) is 0 Å². The number of carbonyl (C=O) groups is 1. The Morgan fingerprint density at radius 2 is 1.89 bits per heavy atom. The van der Waals surface area contributed by atoms with E-state index in [4.69, 9.17) is 23.7 Å². The predicted octanol–water partition coefficient (Wildman–Crippen LogP) is 0.858. The zero-order valence-electron chi connectivity index (χ0n) is 10.8. The summed E-state index contributed by atoms with van der Waals surface area (Å²) in [6, 6.07) is 0. The van der Waals surface area contributed by atoms with Gasteiger partial charge < -0.3 is 23.7 Å². The van der Waals surface area contributed by atoms with Crippen molar-refractivity contribution in [2.45, 2.75) is 26.4 Å². The Labute approximate surface area is 107 Å². The van der Waals surface area contributed by atoms with Crippen LogP contribution in [0.3, 0.4) is 0 Å². The molecule has 1 fully saturated rings. The predicted molar refractivity (Wildman–Crippen MR) is 62.8 cm³/mol. The zero-order chi connectivity index (χ0) is 13.4. The van der Waals surface area contributed by atoms with E-state index in [1.54, 1.807) is 6.92 Å². The summed E-state index contributed by atoms with van der Waals surface area (Å²) in [6.07, 6.45) is -1.15. The van der Waals surface area contributed by atoms with Crippen LogP contribution in [0.5, 0.6) is 0 Å². The Morgan fingerprint density at radius 3 is 2.50 bits per heavy atom. The van der Waals surface area contributed by atoms with Crippen LogP contribution in [-0.2, 0) is 28.5 Å². The summed E-state index contributed by atoms with van der Waals surface area (Å²) in [6.45, 7) is 8.59. The molecule has 6 heteroatoms. The van der Waals surface area contributed by atoms with Crippen LogP contribution in [0.15, 0.2) is 12.2 Å². The van der Waals surface area contributed by atoms with Crippen molar-refractivity contribution in [3.63, 3.8) is 0 Å². The fourth-order valence-electron chi connectivity index (χ4n) is 1.29. The molecule has 2 unspecified atom stereocenters. The van der Waals surface area contributed by atoms with Gasteiger partial charge in [0.2, 0.25) is 6.29 Å². The average molecular weight is 260 g/mol. The van der Waals surface area contributed by atoms with E-state index in [0.29, 0.717) is 25.4 Å². The average Bonchev–Trinajstić information content (AvgIpc) is 2.42. The molecule has 1 saturated heterocycles. The maximum Gasteiger partial charge on any atom is 0.335 e. The standard InChI is InChI=1S/C12H20O6/c1-4-15-10-7-14-8-11(17-6-5-16-10)18-12(13)9(2)3/h10-11H,2,4-8H2,1,3H3. The molecular weight excluding hydrogens is 240 g/mol. The summed E-state index contributed by atoms with van der Waals surface area (Å²) in [7, 11) is 0. The van der Waals surface area contributed by atoms with Gasteiger partial charge in [0.1, 0.15) is 6.61 Å². The minimum atomic E-state index is -0.738. The van der Waals surface area contributed by atoms with Gasteiger partial charge in [-0.2, -0.15) is 0 Å². The largest absolute Gasteiger partial charge is 0.430 e. The van der Waals surface area contributed by atoms with Crippen molar-refractivity contribution in [2.75, 3.05) is 33.0 Å². The van der Waals surface area contributed by atoms with E-state index in [-0.39, 0.29) is 13.2 Å². The fraction of sp³-hybridized carbons (Fsp3) is 0.750. The van der Waals surface area contributed by atoms with Gasteiger partial charge in [0.15, 0.2) is 6.29 Å². The molecule has 0 aliphatic carbocycles. The van der Waals surface area contributed by atoms with Crippen molar-refractivity contribution in [1.82, 2.24) is 0 Å². The first-order chi connectivity index (χ1) is 8.63. The van der Waals surface area contributed by atoms with Gasteiger partial charge in [-0.3, -0.25) is 0 Å². The second kappa shape index (κ2) is 8.20. The van der Waals surface area contributed by atoms with Crippen molar-refractivity contribution < 1.29 is 28.5 Å². The molecule has 0 aromatic heterocycles. The van der Waals surface area contributed by atoms with Gasteiger partial charge >= 0.3 is 5.97 Å². The van der Waals surface area contributed by atoms with Gasteiger partial charge in [0, 0.05) is 12.2 Å². The van der Waals surface area contributed by atoms with E-state index in [0.717, 1.165) is 0 Å². The second-order valence-electron chi connectivity index (χ2n) is 3.78. The minimum absolute atomic E-state index is 0.145. The summed E-state index contributed by atoms with van der Waals surface area (Å²) in [4.78, 5) is 11.3. The van der Waals surface area contributed by atoms with Gasteiger partial charge in [0.05, 0.1) is 19.8 Å². The first kappa shape index (κ1) is 15.1. The molecule has 6 nitrogen and oxygen atoms in total. The third kappa shape index (κ3) is 5.59. The maximum absolute atomic E-state index is 11.3. The molecule has 2 atom stereocenters. The molecule has 104 valence electrons. The summed E-state index contributed by atoms with van der Waals surface area (Å²) in [5.41, 5.74) is 0.321. The number of carbonyl (C=O) groups excluding carboxylic acids is 1. The van der Waals surface area contributed by atoms with Crippen molar-refractivity contribution in [3.8, 4) is 0 Å². The smallest absolute Gasteiger partial charge is 0.335 e. The van der Waals surface area contributed by atoms with Crippen LogP contribution in [0.25, 0.3) is 0 Å². The molecule has 1 rings (SSSR count). The molecule has 1 aliphatic heterocycles. The SMILES string of the molecule is C=C(C)C(=O)OC1COCC(OCC)OCCO1. The van der Waals surface area contributed by atoms with Crippen molar-refractivity contribution in [3.05, 3.63) is 12.2 Å². The third-order valence-electron chi connectivity index (χ3n) is 2.14. The molecule has 0 aromatic carbocycles. The van der Waals surface area contributed by atoms with Crippen LogP contribution >= 0.6 is 0 Å². The molecule has 0 saturated carbocycles. The third-order valence-corrected chi connectivity index (χ3v) is 2.14. The first-order valence-electron chi connectivity index (χ1n) is 5.92. The Balaban J connectivity index is 2.39. The van der Waals surface area contributed by atoms with E-state index < -0.39 is 18.5 Å². The molecular formula is C12H20O6. The summed E-state index contributed by atoms with van der Waals surface area (Å²) >= 11 is 0. The molecule has 0 spiro atoms. The molecule has 1 heterocycles. The number of ether oxygens (including phenoxy) is 5. The fourth-order valence-corrected chi connectivity index (χ4v) is 1.29. The summed E-state index contributed by atoms with van der Waals surface area (Å²) in [5.74, 6) is -0.495. The summed E-state index contributed by atoms with van der Waals surface area (Å²) in [5, 5.41) is 0. The number of rotatable bonds is 4. The molecule has 0 bridgehead atoms. The topological polar surface area (TPSA) is 63.2 Å². The van der Waals surface area contributed by atoms with Crippen LogP contribution in [-0.4, -0.2) is 51.6 Å². The highest BCUT2D eigenvalue weighted by atomic mass is 16.7. The Morgan fingerprint density at radius 1 is 1.28 bits per heavy atom. The summed E-state index contributed by atoms with van der Waals surface area (Å²) < 4.78 is 26.4. The maximum atomic E-state index is 11.3. The number of esters is 1. The Bertz CT molecular complexity index is 278. The van der Waals surface area contributed by atoms with Gasteiger partial charge in [-0.05, 0) is 13.8 Å². The van der Waals surface area contributed by atoms with E-state index in [9.17, 15) is 4.79 Å².